The molecule has 1 aromatic heterocycles. The summed E-state index contributed by atoms with van der Waals surface area (Å²) in [6.07, 6.45) is 5.58. The molecule has 29 nitrogen and oxygen atoms in total. The fourth-order valence-electron chi connectivity index (χ4n) is 7.37. The van der Waals surface area contributed by atoms with Crippen LogP contribution in [-0.2, 0) is 49.6 Å². The van der Waals surface area contributed by atoms with E-state index < -0.39 is 114 Å². The van der Waals surface area contributed by atoms with Gasteiger partial charge in [-0.2, -0.15) is 0 Å². The Morgan fingerprint density at radius 2 is 1.51 bits per heavy atom. The first-order valence-electron chi connectivity index (χ1n) is 24.1. The van der Waals surface area contributed by atoms with Crippen molar-refractivity contribution in [2.45, 2.75) is 126 Å². The number of aliphatic hydroxyl groups is 1. The van der Waals surface area contributed by atoms with Crippen molar-refractivity contribution in [1.82, 2.24) is 52.1 Å². The number of rotatable bonds is 34. The number of hydrogen-bond donors (Lipinski definition) is 16. The number of nitrogens with zero attached hydrogens (tertiary/aromatic N) is 4. The molecule has 2 heterocycles. The van der Waals surface area contributed by atoms with Gasteiger partial charge in [0.05, 0.1) is 25.0 Å². The number of likely N-dealkylation sites (N-methyl/N-ethyl adjacent to an activating group) is 1. The van der Waals surface area contributed by atoms with Crippen LogP contribution in [0.4, 0.5) is 0 Å². The van der Waals surface area contributed by atoms with Crippen LogP contribution in [0.15, 0.2) is 34.3 Å². The van der Waals surface area contributed by atoms with E-state index in [0.717, 1.165) is 0 Å². The summed E-state index contributed by atoms with van der Waals surface area (Å²) in [6.45, 7) is 1.09. The smallest absolute Gasteiger partial charge is 0.352 e. The number of carbonyl (C=O) groups is 9. The van der Waals surface area contributed by atoms with Crippen molar-refractivity contribution in [2.24, 2.45) is 44.4 Å². The Hall–Kier alpha value is -6.92. The fourth-order valence-corrected chi connectivity index (χ4v) is 7.37. The van der Waals surface area contributed by atoms with Crippen LogP contribution in [0.25, 0.3) is 0 Å². The molecular weight excluding hydrogens is 957 g/mol. The molecule has 2 rings (SSSR count). The van der Waals surface area contributed by atoms with Gasteiger partial charge >= 0.3 is 5.97 Å². The zero-order valence-electron chi connectivity index (χ0n) is 41.5. The number of carboxylic acid groups (broad SMARTS) is 1. The molecule has 1 aliphatic rings. The van der Waals surface area contributed by atoms with E-state index in [1.54, 1.807) is 7.05 Å². The Morgan fingerprint density at radius 1 is 0.849 bits per heavy atom. The predicted octanol–water partition coefficient (Wildman–Crippen LogP) is -6.36. The molecule has 73 heavy (non-hydrogen) atoms. The summed E-state index contributed by atoms with van der Waals surface area (Å²) in [7, 11) is 1.56. The molecule has 1 aromatic rings. The van der Waals surface area contributed by atoms with Gasteiger partial charge in [-0.05, 0) is 97.8 Å². The summed E-state index contributed by atoms with van der Waals surface area (Å²) < 4.78 is 0. The summed E-state index contributed by atoms with van der Waals surface area (Å²) >= 11 is 0. The van der Waals surface area contributed by atoms with Crippen molar-refractivity contribution < 1.29 is 53.4 Å². The van der Waals surface area contributed by atoms with Gasteiger partial charge in [0.25, 0.3) is 11.8 Å². The number of aliphatic carboxylic acids is 1. The van der Waals surface area contributed by atoms with Gasteiger partial charge in [-0.3, -0.25) is 43.3 Å². The lowest BCUT2D eigenvalue weighted by Crippen LogP contribution is -2.60. The molecule has 0 aliphatic carbocycles. The van der Waals surface area contributed by atoms with Crippen molar-refractivity contribution in [1.29, 1.82) is 0 Å². The Bertz CT molecular complexity index is 2080. The molecule has 1 fully saturated rings. The van der Waals surface area contributed by atoms with E-state index >= 15 is 0 Å². The summed E-state index contributed by atoms with van der Waals surface area (Å²) in [6, 6.07) is -7.32. The summed E-state index contributed by atoms with van der Waals surface area (Å²) in [5, 5.41) is 37.9. The van der Waals surface area contributed by atoms with Gasteiger partial charge in [-0.25, -0.2) is 14.8 Å². The van der Waals surface area contributed by atoms with Gasteiger partial charge in [0.1, 0.15) is 41.6 Å². The van der Waals surface area contributed by atoms with Crippen LogP contribution in [0.3, 0.4) is 0 Å². The zero-order chi connectivity index (χ0) is 54.5. The maximum atomic E-state index is 14.1. The number of imidazole rings is 1. The molecular formula is C44H76N18O11. The molecule has 0 spiro atoms. The minimum atomic E-state index is -1.53. The lowest BCUT2D eigenvalue weighted by atomic mass is 10.1. The minimum absolute atomic E-state index is 0.0407. The van der Waals surface area contributed by atoms with Crippen molar-refractivity contribution in [3.63, 3.8) is 0 Å². The number of unbranched alkanes of at least 4 members (excludes halogenated alkanes) is 2. The highest BCUT2D eigenvalue weighted by Crippen LogP contribution is 2.20. The number of aliphatic imine (C=N–C) groups is 2. The highest BCUT2D eigenvalue weighted by molar-refractivity contribution is 6.40. The second kappa shape index (κ2) is 33.7. The van der Waals surface area contributed by atoms with Crippen LogP contribution >= 0.6 is 0 Å². The molecule has 22 N–H and O–H groups in total. The lowest BCUT2D eigenvalue weighted by molar-refractivity contribution is -0.137. The molecule has 0 saturated carbocycles. The van der Waals surface area contributed by atoms with Crippen molar-refractivity contribution >= 4 is 64.9 Å². The number of aliphatic hydroxyl groups excluding tert-OH is 1. The number of nitrogens with one attached hydrogen (secondary N) is 8. The molecule has 7 atom stereocenters. The second-order valence-corrected chi connectivity index (χ2v) is 17.1. The second-order valence-electron chi connectivity index (χ2n) is 17.1. The quantitative estimate of drug-likeness (QED) is 0.0132. The topological polar surface area (TPSA) is 491 Å². The van der Waals surface area contributed by atoms with Gasteiger partial charge in [0, 0.05) is 37.9 Å². The first kappa shape index (κ1) is 62.2. The third-order valence-corrected chi connectivity index (χ3v) is 11.4. The number of likely N-dealkylation sites (tertiary alicyclic amines) is 1. The molecule has 408 valence electrons. The maximum absolute atomic E-state index is 14.1. The summed E-state index contributed by atoms with van der Waals surface area (Å²) in [5.41, 5.74) is 32.9. The molecule has 0 bridgehead atoms. The molecule has 1 aliphatic heterocycles. The van der Waals surface area contributed by atoms with E-state index in [-0.39, 0.29) is 76.4 Å². The Balaban J connectivity index is 2.25. The van der Waals surface area contributed by atoms with Crippen LogP contribution < -0.4 is 71.6 Å². The zero-order valence-corrected chi connectivity index (χ0v) is 41.5. The van der Waals surface area contributed by atoms with E-state index in [9.17, 15) is 53.4 Å². The number of carbonyl (C=O) groups excluding carboxylic acids is 8. The monoisotopic (exact) mass is 1030 g/mol. The van der Waals surface area contributed by atoms with Gasteiger partial charge < -0.3 is 91.7 Å². The van der Waals surface area contributed by atoms with Gasteiger partial charge in [-0.1, -0.05) is 12.5 Å². The highest BCUT2D eigenvalue weighted by Gasteiger charge is 2.39. The molecule has 0 radical (unpaired) electrons. The van der Waals surface area contributed by atoms with Gasteiger partial charge in [0.2, 0.25) is 35.4 Å². The number of aromatic amines is 1. The van der Waals surface area contributed by atoms with Gasteiger partial charge in [0.15, 0.2) is 5.96 Å². The van der Waals surface area contributed by atoms with Crippen molar-refractivity contribution in [3.8, 4) is 0 Å². The largest absolute Gasteiger partial charge is 0.477 e. The summed E-state index contributed by atoms with van der Waals surface area (Å²) in [4.78, 5) is 136. The van der Waals surface area contributed by atoms with E-state index in [2.05, 4.69) is 57.2 Å². The fraction of sp³-hybridized carbons (Fsp3) is 0.636. The third kappa shape index (κ3) is 22.2. The predicted molar refractivity (Wildman–Crippen MR) is 267 cm³/mol. The first-order valence-corrected chi connectivity index (χ1v) is 24.1. The van der Waals surface area contributed by atoms with Crippen molar-refractivity contribution in [2.75, 3.05) is 52.9 Å². The number of amides is 8. The number of guanidine groups is 1. The SMILES string of the molecule is CN[C@@H](CCCCN)C(=O)N[C@H](C(=O)N[C@@H](C)C(=O)NCC(=O)N=C(CCCN)C(=O)N1CCC[C@H]1C(=O)N[C@@H](Cc1cnc[nH]1)C(=O)N[C@@H](CCCCN)C(=O)N/C(=C\CCN=C(N)N)C(=O)O)[C@@H](O)CN. The highest BCUT2D eigenvalue weighted by atomic mass is 16.4. The van der Waals surface area contributed by atoms with E-state index in [1.165, 1.54) is 30.4 Å². The Morgan fingerprint density at radius 3 is 2.10 bits per heavy atom. The van der Waals surface area contributed by atoms with Crippen LogP contribution in [0.1, 0.15) is 83.2 Å². The van der Waals surface area contributed by atoms with E-state index in [4.69, 9.17) is 34.4 Å². The van der Waals surface area contributed by atoms with Crippen LogP contribution in [0, 0.1) is 0 Å². The number of nitrogens with two attached hydrogens (primary N) is 6. The Labute approximate surface area is 423 Å². The average Bonchev–Trinajstić information content (AvgIpc) is 4.08. The van der Waals surface area contributed by atoms with Crippen LogP contribution in [0.2, 0.25) is 0 Å². The third-order valence-electron chi connectivity index (χ3n) is 11.4. The normalized spacial score (nSPS) is 16.2. The standard InChI is InChI=1S/C44H76N18O11/c1-25(56-41(70)35(33(63)21-48)61-37(66)27(51-2)10-3-5-15-45)36(65)54-23-34(64)57-29(12-7-17-47)42(71)62-19-9-14-32(62)40(69)60-31(20-26-22-52-24-55-26)39(68)58-28(11-4-6-16-46)38(67)59-30(43(72)73)13-8-18-53-44(49)50/h13,22,24-25,27-28,31-33,35,51,63H,3-12,14-21,23,45-48H2,1-2H3,(H,52,55)(H,54,65)(H,56,70)(H,58,68)(H,59,67)(H,60,69)(H,61,66)(H,72,73)(H4,49,50,53)/b30-13-,57-29?/t25-,27-,28-,31-,32-,33-,35-/m0/s1. The number of carboxylic acids is 1. The molecule has 0 aromatic carbocycles. The average molecular weight is 1030 g/mol. The number of aromatic nitrogens is 2. The lowest BCUT2D eigenvalue weighted by Gasteiger charge is -2.27. The molecule has 0 unspecified atom stereocenters. The van der Waals surface area contributed by atoms with Crippen LogP contribution in [0.5, 0.6) is 0 Å². The molecule has 29 heteroatoms. The Kier molecular flexibility index (Phi) is 28.7. The maximum Gasteiger partial charge on any atom is 0.352 e. The molecule has 1 saturated heterocycles. The van der Waals surface area contributed by atoms with Crippen molar-refractivity contribution in [3.05, 3.63) is 30.0 Å². The van der Waals surface area contributed by atoms with Crippen LogP contribution in [-0.4, -0.2) is 185 Å². The van der Waals surface area contributed by atoms with E-state index in [0.29, 0.717) is 50.8 Å². The first-order chi connectivity index (χ1) is 34.8. The number of hydrogen-bond acceptors (Lipinski definition) is 17. The van der Waals surface area contributed by atoms with Gasteiger partial charge in [-0.15, -0.1) is 0 Å². The summed E-state index contributed by atoms with van der Waals surface area (Å²) in [5.74, 6) is -8.18. The van der Waals surface area contributed by atoms with E-state index in [1.807, 2.05) is 0 Å². The molecule has 8 amide bonds. The minimum Gasteiger partial charge on any atom is -0.477 e. The number of H-pyrrole nitrogens is 1.